The van der Waals surface area contributed by atoms with Crippen LogP contribution in [-0.4, -0.2) is 58.4 Å². The molecule has 1 unspecified atom stereocenters. The number of carbonyl (C=O) groups is 1. The first-order chi connectivity index (χ1) is 14.9. The summed E-state index contributed by atoms with van der Waals surface area (Å²) < 4.78 is 28.3. The SMILES string of the molecule is Cc1cn2ccnc(O[C@@H]3CC[C@@H](C)N(C(=O)c4ccccc4CCS(=O)O)C3)c2n1. The van der Waals surface area contributed by atoms with Crippen molar-refractivity contribution in [2.24, 2.45) is 0 Å². The minimum Gasteiger partial charge on any atom is -0.470 e. The Morgan fingerprint density at radius 2 is 2.13 bits per heavy atom. The second-order valence-corrected chi connectivity index (χ2v) is 8.95. The Kier molecular flexibility index (Phi) is 6.33. The Morgan fingerprint density at radius 3 is 2.94 bits per heavy atom. The van der Waals surface area contributed by atoms with Crippen LogP contribution >= 0.6 is 0 Å². The molecule has 0 radical (unpaired) electrons. The van der Waals surface area contributed by atoms with Gasteiger partial charge in [-0.15, -0.1) is 0 Å². The van der Waals surface area contributed by atoms with E-state index in [0.29, 0.717) is 30.1 Å². The third kappa shape index (κ3) is 4.77. The monoisotopic (exact) mass is 442 g/mol. The number of hydrogen-bond donors (Lipinski definition) is 1. The lowest BCUT2D eigenvalue weighted by molar-refractivity contribution is 0.0375. The molecule has 1 aliphatic heterocycles. The van der Waals surface area contributed by atoms with E-state index in [2.05, 4.69) is 9.97 Å². The maximum absolute atomic E-state index is 13.4. The molecule has 1 aromatic carbocycles. The summed E-state index contributed by atoms with van der Waals surface area (Å²) in [5.41, 5.74) is 2.90. The van der Waals surface area contributed by atoms with Gasteiger partial charge in [-0.3, -0.25) is 4.79 Å². The van der Waals surface area contributed by atoms with Crippen LogP contribution in [0.4, 0.5) is 0 Å². The summed E-state index contributed by atoms with van der Waals surface area (Å²) >= 11 is -1.90. The number of nitrogens with zero attached hydrogens (tertiary/aromatic N) is 4. The van der Waals surface area contributed by atoms with E-state index in [1.807, 2.05) is 53.7 Å². The van der Waals surface area contributed by atoms with Gasteiger partial charge in [-0.05, 0) is 44.7 Å². The van der Waals surface area contributed by atoms with Gasteiger partial charge in [0.25, 0.3) is 11.8 Å². The third-order valence-electron chi connectivity index (χ3n) is 5.63. The molecule has 4 rings (SSSR count). The topological polar surface area (TPSA) is 97.0 Å². The van der Waals surface area contributed by atoms with Gasteiger partial charge < -0.3 is 18.6 Å². The standard InChI is InChI=1S/C22H26N4O4S/c1-15-13-25-11-10-23-21(20(25)24-15)30-18-8-7-16(2)26(14-18)22(27)19-6-4-3-5-17(19)9-12-31(28)29/h3-6,10-11,13,16,18H,7-9,12,14H2,1-2H3,(H,28,29)/t16-,18-/m1/s1. The minimum absolute atomic E-state index is 0.0739. The average molecular weight is 443 g/mol. The van der Waals surface area contributed by atoms with Crippen molar-refractivity contribution >= 4 is 22.6 Å². The van der Waals surface area contributed by atoms with Crippen molar-refractivity contribution in [1.29, 1.82) is 0 Å². The van der Waals surface area contributed by atoms with Crippen molar-refractivity contribution in [3.63, 3.8) is 0 Å². The molecular formula is C22H26N4O4S. The number of amides is 1. The van der Waals surface area contributed by atoms with Crippen LogP contribution in [0, 0.1) is 6.92 Å². The van der Waals surface area contributed by atoms with Gasteiger partial charge in [-0.25, -0.2) is 14.2 Å². The molecule has 1 saturated heterocycles. The van der Waals surface area contributed by atoms with E-state index in [-0.39, 0.29) is 23.8 Å². The molecule has 1 aliphatic rings. The highest BCUT2D eigenvalue weighted by Crippen LogP contribution is 2.25. The molecule has 3 heterocycles. The fourth-order valence-electron chi connectivity index (χ4n) is 4.01. The summed E-state index contributed by atoms with van der Waals surface area (Å²) in [6.07, 6.45) is 7.25. The number of carbonyl (C=O) groups excluding carboxylic acids is 1. The van der Waals surface area contributed by atoms with Crippen LogP contribution in [0.3, 0.4) is 0 Å². The van der Waals surface area contributed by atoms with Crippen LogP contribution in [0.15, 0.2) is 42.9 Å². The highest BCUT2D eigenvalue weighted by Gasteiger charge is 2.32. The highest BCUT2D eigenvalue weighted by atomic mass is 32.2. The van der Waals surface area contributed by atoms with Gasteiger partial charge in [0.2, 0.25) is 5.65 Å². The van der Waals surface area contributed by atoms with Gasteiger partial charge in [0, 0.05) is 30.2 Å². The number of aromatic nitrogens is 3. The van der Waals surface area contributed by atoms with E-state index in [1.54, 1.807) is 12.3 Å². The van der Waals surface area contributed by atoms with E-state index < -0.39 is 11.1 Å². The van der Waals surface area contributed by atoms with Gasteiger partial charge in [-0.2, -0.15) is 0 Å². The van der Waals surface area contributed by atoms with E-state index in [1.165, 1.54) is 0 Å². The third-order valence-corrected chi connectivity index (χ3v) is 6.19. The molecular weight excluding hydrogens is 416 g/mol. The van der Waals surface area contributed by atoms with Crippen LogP contribution in [-0.2, 0) is 17.5 Å². The number of rotatable bonds is 6. The molecule has 3 atom stereocenters. The number of fused-ring (bicyclic) bond motifs is 1. The summed E-state index contributed by atoms with van der Waals surface area (Å²) in [5.74, 6) is 0.488. The van der Waals surface area contributed by atoms with E-state index in [4.69, 9.17) is 9.29 Å². The maximum Gasteiger partial charge on any atom is 0.258 e. The lowest BCUT2D eigenvalue weighted by Gasteiger charge is -2.38. The van der Waals surface area contributed by atoms with Crippen molar-refractivity contribution < 1.29 is 18.3 Å². The summed E-state index contributed by atoms with van der Waals surface area (Å²) in [5, 5.41) is 0. The molecule has 1 amide bonds. The second-order valence-electron chi connectivity index (χ2n) is 7.90. The summed E-state index contributed by atoms with van der Waals surface area (Å²) in [6, 6.07) is 7.36. The molecule has 2 aromatic heterocycles. The Hall–Kier alpha value is -2.78. The van der Waals surface area contributed by atoms with Crippen molar-refractivity contribution in [2.75, 3.05) is 12.3 Å². The number of piperidine rings is 1. The first-order valence-electron chi connectivity index (χ1n) is 10.4. The Morgan fingerprint density at radius 1 is 1.32 bits per heavy atom. The normalized spacial score (nSPS) is 20.0. The van der Waals surface area contributed by atoms with Crippen molar-refractivity contribution in [1.82, 2.24) is 19.3 Å². The molecule has 0 aliphatic carbocycles. The zero-order valence-corrected chi connectivity index (χ0v) is 18.4. The van der Waals surface area contributed by atoms with Gasteiger partial charge in [-0.1, -0.05) is 18.2 Å². The first-order valence-corrected chi connectivity index (χ1v) is 11.6. The van der Waals surface area contributed by atoms with Crippen molar-refractivity contribution in [3.8, 4) is 5.88 Å². The zero-order chi connectivity index (χ0) is 22.0. The number of aryl methyl sites for hydroxylation is 2. The Bertz CT molecular complexity index is 1120. The average Bonchev–Trinajstić information content (AvgIpc) is 3.14. The molecule has 0 saturated carbocycles. The van der Waals surface area contributed by atoms with Crippen LogP contribution in [0.2, 0.25) is 0 Å². The van der Waals surface area contributed by atoms with E-state index in [0.717, 1.165) is 24.1 Å². The molecule has 8 nitrogen and oxygen atoms in total. The highest BCUT2D eigenvalue weighted by molar-refractivity contribution is 7.79. The van der Waals surface area contributed by atoms with Crippen LogP contribution in [0.5, 0.6) is 5.88 Å². The lowest BCUT2D eigenvalue weighted by Crippen LogP contribution is -2.49. The largest absolute Gasteiger partial charge is 0.470 e. The molecule has 1 N–H and O–H groups in total. The maximum atomic E-state index is 13.4. The predicted molar refractivity (Wildman–Crippen MR) is 118 cm³/mol. The molecule has 0 bridgehead atoms. The number of ether oxygens (including phenoxy) is 1. The summed E-state index contributed by atoms with van der Waals surface area (Å²) in [4.78, 5) is 24.1. The Balaban J connectivity index is 1.53. The molecule has 31 heavy (non-hydrogen) atoms. The van der Waals surface area contributed by atoms with Gasteiger partial charge in [0.05, 0.1) is 18.0 Å². The summed E-state index contributed by atoms with van der Waals surface area (Å²) in [6.45, 7) is 4.41. The molecule has 3 aromatic rings. The predicted octanol–water partition coefficient (Wildman–Crippen LogP) is 2.87. The quantitative estimate of drug-likeness (QED) is 0.590. The van der Waals surface area contributed by atoms with Crippen molar-refractivity contribution in [2.45, 2.75) is 45.3 Å². The molecule has 0 spiro atoms. The zero-order valence-electron chi connectivity index (χ0n) is 17.6. The summed E-state index contributed by atoms with van der Waals surface area (Å²) in [7, 11) is 0. The molecule has 9 heteroatoms. The van der Waals surface area contributed by atoms with Gasteiger partial charge >= 0.3 is 0 Å². The van der Waals surface area contributed by atoms with Crippen LogP contribution in [0.25, 0.3) is 5.65 Å². The molecule has 1 fully saturated rings. The van der Waals surface area contributed by atoms with E-state index in [9.17, 15) is 9.00 Å². The van der Waals surface area contributed by atoms with E-state index >= 15 is 0 Å². The lowest BCUT2D eigenvalue weighted by atomic mass is 9.98. The second kappa shape index (κ2) is 9.15. The van der Waals surface area contributed by atoms with Crippen LogP contribution in [0.1, 0.15) is 41.4 Å². The fourth-order valence-corrected chi connectivity index (χ4v) is 4.41. The first kappa shape index (κ1) is 21.5. The fraction of sp³-hybridized carbons (Fsp3) is 0.409. The number of benzene rings is 1. The van der Waals surface area contributed by atoms with Crippen LogP contribution < -0.4 is 4.74 Å². The van der Waals surface area contributed by atoms with Gasteiger partial charge in [0.1, 0.15) is 6.10 Å². The van der Waals surface area contributed by atoms with Crippen molar-refractivity contribution in [3.05, 3.63) is 59.7 Å². The number of likely N-dealkylation sites (tertiary alicyclic amines) is 1. The smallest absolute Gasteiger partial charge is 0.258 e. The number of imidazole rings is 1. The molecule has 164 valence electrons. The number of hydrogen-bond acceptors (Lipinski definition) is 5. The minimum atomic E-state index is -1.90. The van der Waals surface area contributed by atoms with Gasteiger partial charge in [0.15, 0.2) is 11.1 Å². The Labute approximate surface area is 183 Å².